The van der Waals surface area contributed by atoms with Crippen LogP contribution in [0.5, 0.6) is 0 Å². The molecule has 0 N–H and O–H groups in total. The van der Waals surface area contributed by atoms with Gasteiger partial charge in [0.2, 0.25) is 0 Å². The molecule has 2 aromatic rings. The summed E-state index contributed by atoms with van der Waals surface area (Å²) in [6, 6.07) is 7.97. The van der Waals surface area contributed by atoms with E-state index in [1.807, 2.05) is 31.2 Å². The Morgan fingerprint density at radius 2 is 2.00 bits per heavy atom. The molecule has 106 valence electrons. The smallest absolute Gasteiger partial charge is 0.408 e. The first-order valence-electron chi connectivity index (χ1n) is 7.06. The lowest BCUT2D eigenvalue weighted by Crippen LogP contribution is -2.43. The van der Waals surface area contributed by atoms with Gasteiger partial charge in [-0.3, -0.25) is 0 Å². The summed E-state index contributed by atoms with van der Waals surface area (Å²) in [6.45, 7) is 8.81. The van der Waals surface area contributed by atoms with Crippen molar-refractivity contribution in [3.05, 3.63) is 30.5 Å². The summed E-state index contributed by atoms with van der Waals surface area (Å²) in [5, 5.41) is 9.12. The van der Waals surface area contributed by atoms with Gasteiger partial charge < -0.3 is 9.31 Å². The van der Waals surface area contributed by atoms with Crippen molar-refractivity contribution in [3.8, 4) is 0 Å². The second-order valence-electron chi connectivity index (χ2n) is 5.37. The Hall–Kier alpha value is -1.46. The third-order valence-corrected chi connectivity index (χ3v) is 3.41. The van der Waals surface area contributed by atoms with Gasteiger partial charge in [0, 0.05) is 17.6 Å². The molecule has 0 aliphatic heterocycles. The molecule has 0 radical (unpaired) electrons. The Morgan fingerprint density at radius 3 is 2.70 bits per heavy atom. The topological polar surface area (TPSA) is 44.2 Å². The summed E-state index contributed by atoms with van der Waals surface area (Å²) in [7, 11) is -0.374. The van der Waals surface area contributed by atoms with Crippen LogP contribution in [0.4, 0.5) is 0 Å². The van der Waals surface area contributed by atoms with Crippen molar-refractivity contribution >= 4 is 23.5 Å². The SMILES string of the molecule is CCOB(OC(C)(C)CC)c1ccc2ccnnc2c1. The molecular formula is C15H21BN2O2. The molecule has 1 aromatic carbocycles. The summed E-state index contributed by atoms with van der Waals surface area (Å²) >= 11 is 0. The molecule has 5 heteroatoms. The molecule has 0 atom stereocenters. The van der Waals surface area contributed by atoms with Crippen LogP contribution in [0.15, 0.2) is 30.5 Å². The van der Waals surface area contributed by atoms with Crippen LogP contribution < -0.4 is 5.46 Å². The third kappa shape index (κ3) is 3.55. The van der Waals surface area contributed by atoms with Gasteiger partial charge in [0.05, 0.1) is 11.7 Å². The van der Waals surface area contributed by atoms with Crippen molar-refractivity contribution in [1.29, 1.82) is 0 Å². The van der Waals surface area contributed by atoms with Gasteiger partial charge in [0.15, 0.2) is 0 Å². The van der Waals surface area contributed by atoms with E-state index in [-0.39, 0.29) is 12.7 Å². The normalized spacial score (nSPS) is 11.8. The summed E-state index contributed by atoms with van der Waals surface area (Å²) in [6.07, 6.45) is 2.61. The van der Waals surface area contributed by atoms with E-state index in [1.54, 1.807) is 6.20 Å². The summed E-state index contributed by atoms with van der Waals surface area (Å²) in [5.74, 6) is 0. The second kappa shape index (κ2) is 6.33. The second-order valence-corrected chi connectivity index (χ2v) is 5.37. The monoisotopic (exact) mass is 272 g/mol. The van der Waals surface area contributed by atoms with Gasteiger partial charge >= 0.3 is 7.12 Å². The molecule has 0 aliphatic rings. The van der Waals surface area contributed by atoms with E-state index in [9.17, 15) is 0 Å². The fourth-order valence-corrected chi connectivity index (χ4v) is 1.87. The molecule has 20 heavy (non-hydrogen) atoms. The minimum absolute atomic E-state index is 0.225. The van der Waals surface area contributed by atoms with Gasteiger partial charge in [-0.1, -0.05) is 19.1 Å². The minimum Gasteiger partial charge on any atom is -0.408 e. The molecule has 0 saturated carbocycles. The van der Waals surface area contributed by atoms with Crippen LogP contribution in [0.25, 0.3) is 10.9 Å². The first-order valence-corrected chi connectivity index (χ1v) is 7.06. The van der Waals surface area contributed by atoms with Crippen LogP contribution in [-0.2, 0) is 9.31 Å². The van der Waals surface area contributed by atoms with Crippen LogP contribution in [0.2, 0.25) is 0 Å². The van der Waals surface area contributed by atoms with E-state index in [0.717, 1.165) is 22.8 Å². The number of fused-ring (bicyclic) bond motifs is 1. The highest BCUT2D eigenvalue weighted by Gasteiger charge is 2.29. The fourth-order valence-electron chi connectivity index (χ4n) is 1.87. The van der Waals surface area contributed by atoms with E-state index >= 15 is 0 Å². The van der Waals surface area contributed by atoms with Gasteiger partial charge in [-0.15, -0.1) is 0 Å². The summed E-state index contributed by atoms with van der Waals surface area (Å²) < 4.78 is 11.8. The van der Waals surface area contributed by atoms with Crippen LogP contribution in [0, 0.1) is 0 Å². The maximum atomic E-state index is 6.09. The molecule has 0 aliphatic carbocycles. The van der Waals surface area contributed by atoms with Gasteiger partial charge in [-0.25, -0.2) is 0 Å². The maximum Gasteiger partial charge on any atom is 0.494 e. The zero-order chi connectivity index (χ0) is 14.6. The molecule has 0 saturated heterocycles. The average Bonchev–Trinajstić information content (AvgIpc) is 2.46. The standard InChI is InChI=1S/C15H21BN2O2/c1-5-15(3,4)20-16(19-6-2)13-8-7-12-9-10-17-18-14(12)11-13/h7-11H,5-6H2,1-4H3. The molecule has 4 nitrogen and oxygen atoms in total. The van der Waals surface area contributed by atoms with E-state index in [1.165, 1.54) is 0 Å². The van der Waals surface area contributed by atoms with Crippen molar-refractivity contribution in [2.45, 2.75) is 39.7 Å². The Labute approximate surface area is 120 Å². The van der Waals surface area contributed by atoms with Crippen molar-refractivity contribution < 1.29 is 9.31 Å². The Kier molecular flexibility index (Phi) is 4.73. The number of aromatic nitrogens is 2. The Morgan fingerprint density at radius 1 is 1.20 bits per heavy atom. The zero-order valence-corrected chi connectivity index (χ0v) is 12.6. The molecular weight excluding hydrogens is 251 g/mol. The fraction of sp³-hybridized carbons (Fsp3) is 0.467. The Bertz CT molecular complexity index is 575. The van der Waals surface area contributed by atoms with Crippen LogP contribution in [0.1, 0.15) is 34.1 Å². The highest BCUT2D eigenvalue weighted by molar-refractivity contribution is 6.61. The summed E-state index contributed by atoms with van der Waals surface area (Å²) in [4.78, 5) is 0. The van der Waals surface area contributed by atoms with Crippen molar-refractivity contribution in [1.82, 2.24) is 10.2 Å². The molecule has 2 rings (SSSR count). The predicted octanol–water partition coefficient (Wildman–Crippen LogP) is 2.57. The largest absolute Gasteiger partial charge is 0.494 e. The van der Waals surface area contributed by atoms with Crippen molar-refractivity contribution in [2.24, 2.45) is 0 Å². The number of nitrogens with zero attached hydrogens (tertiary/aromatic N) is 2. The molecule has 0 bridgehead atoms. The van der Waals surface area contributed by atoms with Crippen LogP contribution >= 0.6 is 0 Å². The van der Waals surface area contributed by atoms with E-state index < -0.39 is 0 Å². The Balaban J connectivity index is 2.31. The lowest BCUT2D eigenvalue weighted by molar-refractivity contribution is 0.0706. The lowest BCUT2D eigenvalue weighted by Gasteiger charge is -2.28. The molecule has 0 amide bonds. The number of rotatable bonds is 6. The van der Waals surface area contributed by atoms with Gasteiger partial charge in [-0.05, 0) is 44.8 Å². The average molecular weight is 272 g/mol. The molecule has 0 fully saturated rings. The highest BCUT2D eigenvalue weighted by atomic mass is 16.6. The molecule has 1 heterocycles. The minimum atomic E-state index is -0.374. The van der Waals surface area contributed by atoms with Gasteiger partial charge in [-0.2, -0.15) is 10.2 Å². The molecule has 0 spiro atoms. The van der Waals surface area contributed by atoms with Crippen LogP contribution in [-0.4, -0.2) is 29.5 Å². The van der Waals surface area contributed by atoms with Crippen LogP contribution in [0.3, 0.4) is 0 Å². The lowest BCUT2D eigenvalue weighted by atomic mass is 9.77. The maximum absolute atomic E-state index is 6.09. The predicted molar refractivity (Wildman–Crippen MR) is 82.0 cm³/mol. The first kappa shape index (κ1) is 14.9. The molecule has 1 aromatic heterocycles. The third-order valence-electron chi connectivity index (χ3n) is 3.41. The van der Waals surface area contributed by atoms with Crippen molar-refractivity contribution in [2.75, 3.05) is 6.61 Å². The quantitative estimate of drug-likeness (QED) is 0.758. The van der Waals surface area contributed by atoms with Gasteiger partial charge in [0.1, 0.15) is 0 Å². The number of benzene rings is 1. The summed E-state index contributed by atoms with van der Waals surface area (Å²) in [5.41, 5.74) is 1.60. The number of hydrogen-bond donors (Lipinski definition) is 0. The van der Waals surface area contributed by atoms with E-state index in [2.05, 4.69) is 31.0 Å². The van der Waals surface area contributed by atoms with E-state index in [0.29, 0.717) is 6.61 Å². The van der Waals surface area contributed by atoms with E-state index in [4.69, 9.17) is 9.31 Å². The van der Waals surface area contributed by atoms with Gasteiger partial charge in [0.25, 0.3) is 0 Å². The highest BCUT2D eigenvalue weighted by Crippen LogP contribution is 2.16. The molecule has 0 unspecified atom stereocenters. The van der Waals surface area contributed by atoms with Crippen molar-refractivity contribution in [3.63, 3.8) is 0 Å². The first-order chi connectivity index (χ1) is 9.55. The zero-order valence-electron chi connectivity index (χ0n) is 12.6. The number of hydrogen-bond acceptors (Lipinski definition) is 4.